The molecule has 2 rings (SSSR count). The molecule has 5 heteroatoms. The largest absolute Gasteiger partial charge is 0.394 e. The lowest BCUT2D eigenvalue weighted by Crippen LogP contribution is -2.15. The van der Waals surface area contributed by atoms with Gasteiger partial charge in [-0.1, -0.05) is 23.7 Å². The molecule has 2 aromatic carbocycles. The van der Waals surface area contributed by atoms with E-state index in [2.05, 4.69) is 5.32 Å². The molecule has 0 saturated carbocycles. The van der Waals surface area contributed by atoms with Crippen LogP contribution in [0.4, 0.5) is 14.5 Å². The fourth-order valence-electron chi connectivity index (χ4n) is 1.78. The standard InChI is InChI=1S/C14H12ClF2NO/c15-12-3-1-2-4-13(12)18-14(8-19)9-5-10(16)7-11(17)6-9/h1-7,14,18-19H,8H2. The van der Waals surface area contributed by atoms with Crippen molar-refractivity contribution < 1.29 is 13.9 Å². The quantitative estimate of drug-likeness (QED) is 0.895. The topological polar surface area (TPSA) is 32.3 Å². The zero-order valence-corrected chi connectivity index (χ0v) is 10.7. The molecule has 0 spiro atoms. The van der Waals surface area contributed by atoms with E-state index in [1.807, 2.05) is 0 Å². The van der Waals surface area contributed by atoms with E-state index in [-0.39, 0.29) is 6.61 Å². The Kier molecular flexibility index (Phi) is 4.35. The van der Waals surface area contributed by atoms with Crippen LogP contribution < -0.4 is 5.32 Å². The molecule has 0 aliphatic rings. The Morgan fingerprint density at radius 2 is 1.74 bits per heavy atom. The van der Waals surface area contributed by atoms with Crippen molar-refractivity contribution in [1.29, 1.82) is 0 Å². The Labute approximate surface area is 114 Å². The second kappa shape index (κ2) is 5.99. The van der Waals surface area contributed by atoms with E-state index in [1.54, 1.807) is 24.3 Å². The molecule has 0 amide bonds. The first-order valence-corrected chi connectivity index (χ1v) is 6.06. The highest BCUT2D eigenvalue weighted by molar-refractivity contribution is 6.33. The van der Waals surface area contributed by atoms with Crippen molar-refractivity contribution in [3.63, 3.8) is 0 Å². The fourth-order valence-corrected chi connectivity index (χ4v) is 1.97. The Morgan fingerprint density at radius 3 is 2.32 bits per heavy atom. The van der Waals surface area contributed by atoms with Gasteiger partial charge in [-0.05, 0) is 29.8 Å². The lowest BCUT2D eigenvalue weighted by atomic mass is 10.1. The Morgan fingerprint density at radius 1 is 1.11 bits per heavy atom. The van der Waals surface area contributed by atoms with Gasteiger partial charge in [-0.15, -0.1) is 0 Å². The number of aliphatic hydroxyl groups is 1. The molecule has 0 radical (unpaired) electrons. The van der Waals surface area contributed by atoms with Crippen molar-refractivity contribution in [2.24, 2.45) is 0 Å². The summed E-state index contributed by atoms with van der Waals surface area (Å²) in [5.74, 6) is -1.37. The summed E-state index contributed by atoms with van der Waals surface area (Å²) in [5.41, 5.74) is 0.910. The van der Waals surface area contributed by atoms with Crippen LogP contribution >= 0.6 is 11.6 Å². The molecule has 0 fully saturated rings. The third kappa shape index (κ3) is 3.43. The maximum atomic E-state index is 13.2. The summed E-state index contributed by atoms with van der Waals surface area (Å²) in [4.78, 5) is 0. The van der Waals surface area contributed by atoms with Gasteiger partial charge in [0.2, 0.25) is 0 Å². The average Bonchev–Trinajstić information content (AvgIpc) is 2.36. The Hall–Kier alpha value is -1.65. The van der Waals surface area contributed by atoms with E-state index in [4.69, 9.17) is 11.6 Å². The number of para-hydroxylation sites is 1. The van der Waals surface area contributed by atoms with E-state index >= 15 is 0 Å². The first kappa shape index (κ1) is 13.8. The van der Waals surface area contributed by atoms with Gasteiger partial charge in [-0.3, -0.25) is 0 Å². The van der Waals surface area contributed by atoms with Crippen molar-refractivity contribution in [1.82, 2.24) is 0 Å². The van der Waals surface area contributed by atoms with Crippen LogP contribution in [0.2, 0.25) is 5.02 Å². The summed E-state index contributed by atoms with van der Waals surface area (Å²) in [7, 11) is 0. The average molecular weight is 284 g/mol. The molecule has 1 atom stereocenters. The lowest BCUT2D eigenvalue weighted by Gasteiger charge is -2.19. The molecule has 2 aromatic rings. The monoisotopic (exact) mass is 283 g/mol. The van der Waals surface area contributed by atoms with Crippen molar-refractivity contribution in [3.8, 4) is 0 Å². The molecule has 19 heavy (non-hydrogen) atoms. The molecule has 2 nitrogen and oxygen atoms in total. The van der Waals surface area contributed by atoms with E-state index in [1.165, 1.54) is 12.1 Å². The van der Waals surface area contributed by atoms with Crippen LogP contribution in [0.3, 0.4) is 0 Å². The van der Waals surface area contributed by atoms with Crippen LogP contribution in [0.1, 0.15) is 11.6 Å². The fraction of sp³-hybridized carbons (Fsp3) is 0.143. The summed E-state index contributed by atoms with van der Waals surface area (Å²) in [5, 5.41) is 12.8. The highest BCUT2D eigenvalue weighted by Gasteiger charge is 2.13. The maximum absolute atomic E-state index is 13.2. The molecule has 0 aliphatic heterocycles. The molecule has 0 aliphatic carbocycles. The summed E-state index contributed by atoms with van der Waals surface area (Å²) in [6.07, 6.45) is 0. The van der Waals surface area contributed by atoms with E-state index < -0.39 is 17.7 Å². The van der Waals surface area contributed by atoms with Gasteiger partial charge in [0, 0.05) is 6.07 Å². The van der Waals surface area contributed by atoms with Crippen molar-refractivity contribution in [2.45, 2.75) is 6.04 Å². The number of hydrogen-bond donors (Lipinski definition) is 2. The number of hydrogen-bond acceptors (Lipinski definition) is 2. The van der Waals surface area contributed by atoms with Gasteiger partial charge in [0.25, 0.3) is 0 Å². The first-order chi connectivity index (χ1) is 9.10. The predicted octanol–water partition coefficient (Wildman–Crippen LogP) is 3.76. The molecule has 2 N–H and O–H groups in total. The van der Waals surface area contributed by atoms with Crippen LogP contribution in [0, 0.1) is 11.6 Å². The minimum absolute atomic E-state index is 0.311. The molecule has 0 aromatic heterocycles. The molecular weight excluding hydrogens is 272 g/mol. The molecule has 1 unspecified atom stereocenters. The first-order valence-electron chi connectivity index (χ1n) is 5.68. The van der Waals surface area contributed by atoms with E-state index in [9.17, 15) is 13.9 Å². The zero-order valence-electron chi connectivity index (χ0n) is 9.91. The lowest BCUT2D eigenvalue weighted by molar-refractivity contribution is 0.276. The molecule has 0 heterocycles. The smallest absolute Gasteiger partial charge is 0.126 e. The van der Waals surface area contributed by atoms with Gasteiger partial charge < -0.3 is 10.4 Å². The van der Waals surface area contributed by atoms with E-state index in [0.717, 1.165) is 6.07 Å². The summed E-state index contributed by atoms with van der Waals surface area (Å²) in [6.45, 7) is -0.311. The molecule has 0 saturated heterocycles. The number of anilines is 1. The van der Waals surface area contributed by atoms with E-state index in [0.29, 0.717) is 16.3 Å². The normalized spacial score (nSPS) is 12.2. The number of nitrogens with one attached hydrogen (secondary N) is 1. The number of halogens is 3. The van der Waals surface area contributed by atoms with Crippen LogP contribution in [0.15, 0.2) is 42.5 Å². The van der Waals surface area contributed by atoms with Crippen molar-refractivity contribution in [3.05, 3.63) is 64.7 Å². The number of rotatable bonds is 4. The second-order valence-corrected chi connectivity index (χ2v) is 4.47. The van der Waals surface area contributed by atoms with Crippen molar-refractivity contribution in [2.75, 3.05) is 11.9 Å². The summed E-state index contributed by atoms with van der Waals surface area (Å²) < 4.78 is 26.3. The SMILES string of the molecule is OCC(Nc1ccccc1Cl)c1cc(F)cc(F)c1. The molecule has 0 bridgehead atoms. The van der Waals surface area contributed by atoms with Crippen LogP contribution in [0.5, 0.6) is 0 Å². The summed E-state index contributed by atoms with van der Waals surface area (Å²) in [6, 6.07) is 9.45. The van der Waals surface area contributed by atoms with Gasteiger partial charge in [0.05, 0.1) is 23.4 Å². The van der Waals surface area contributed by atoms with Gasteiger partial charge in [0.1, 0.15) is 11.6 Å². The molecule has 100 valence electrons. The highest BCUT2D eigenvalue weighted by atomic mass is 35.5. The van der Waals surface area contributed by atoms with Gasteiger partial charge in [-0.2, -0.15) is 0 Å². The Bertz CT molecular complexity index is 557. The third-order valence-corrected chi connectivity index (χ3v) is 3.00. The van der Waals surface area contributed by atoms with Gasteiger partial charge in [0.15, 0.2) is 0 Å². The maximum Gasteiger partial charge on any atom is 0.126 e. The van der Waals surface area contributed by atoms with Crippen LogP contribution in [0.25, 0.3) is 0 Å². The minimum atomic E-state index is -0.686. The highest BCUT2D eigenvalue weighted by Crippen LogP contribution is 2.26. The predicted molar refractivity (Wildman–Crippen MR) is 71.3 cm³/mol. The summed E-state index contributed by atoms with van der Waals surface area (Å²) >= 11 is 5.98. The number of aliphatic hydroxyl groups excluding tert-OH is 1. The van der Waals surface area contributed by atoms with Gasteiger partial charge in [-0.25, -0.2) is 8.78 Å². The Balaban J connectivity index is 2.28. The van der Waals surface area contributed by atoms with Crippen molar-refractivity contribution >= 4 is 17.3 Å². The zero-order chi connectivity index (χ0) is 13.8. The number of benzene rings is 2. The van der Waals surface area contributed by atoms with Crippen LogP contribution in [-0.4, -0.2) is 11.7 Å². The second-order valence-electron chi connectivity index (χ2n) is 4.06. The van der Waals surface area contributed by atoms with Gasteiger partial charge >= 0.3 is 0 Å². The molecular formula is C14H12ClF2NO. The third-order valence-electron chi connectivity index (χ3n) is 2.67. The van der Waals surface area contributed by atoms with Crippen LogP contribution in [-0.2, 0) is 0 Å². The minimum Gasteiger partial charge on any atom is -0.394 e.